The normalized spacial score (nSPS) is 14.3. The van der Waals surface area contributed by atoms with Crippen LogP contribution in [0.25, 0.3) is 0 Å². The van der Waals surface area contributed by atoms with Crippen LogP contribution >= 0.6 is 7.82 Å². The highest BCUT2D eigenvalue weighted by atomic mass is 31.2. The van der Waals surface area contributed by atoms with Crippen LogP contribution in [0.5, 0.6) is 0 Å². The van der Waals surface area contributed by atoms with Gasteiger partial charge in [0, 0.05) is 6.42 Å². The maximum absolute atomic E-state index is 13.1. The Morgan fingerprint density at radius 3 is 1.04 bits per heavy atom. The van der Waals surface area contributed by atoms with Gasteiger partial charge in [0.2, 0.25) is 5.91 Å². The molecule has 9 heteroatoms. The predicted octanol–water partition coefficient (Wildman–Crippen LogP) is 23.8. The van der Waals surface area contributed by atoms with Crippen LogP contribution in [0.15, 0.2) is 122 Å². The molecular formula is C80H143N2O6P. The molecule has 0 radical (unpaired) electrons. The first kappa shape index (κ1) is 85.9. The number of likely N-dealkylation sites (N-methyl/N-ethyl adjacent to an activating group) is 1. The third-order valence-corrected chi connectivity index (χ3v) is 17.3. The van der Waals surface area contributed by atoms with Crippen molar-refractivity contribution in [3.05, 3.63) is 122 Å². The Balaban J connectivity index is 4.08. The van der Waals surface area contributed by atoms with Gasteiger partial charge in [-0.05, 0) is 103 Å². The lowest BCUT2D eigenvalue weighted by molar-refractivity contribution is -0.870. The fourth-order valence-corrected chi connectivity index (χ4v) is 11.4. The molecule has 3 atom stereocenters. The monoisotopic (exact) mass is 1260 g/mol. The summed E-state index contributed by atoms with van der Waals surface area (Å²) in [4.78, 5) is 25.7. The van der Waals surface area contributed by atoms with Crippen LogP contribution in [0, 0.1) is 0 Å². The Kier molecular flexibility index (Phi) is 66.8. The van der Waals surface area contributed by atoms with Crippen LogP contribution in [-0.4, -0.2) is 68.5 Å². The van der Waals surface area contributed by atoms with Crippen molar-refractivity contribution in [3.63, 3.8) is 0 Å². The maximum Gasteiger partial charge on any atom is 0.268 e. The summed E-state index contributed by atoms with van der Waals surface area (Å²) >= 11 is 0. The molecule has 0 aromatic heterocycles. The fourth-order valence-electron chi connectivity index (χ4n) is 10.6. The van der Waals surface area contributed by atoms with Crippen molar-refractivity contribution in [3.8, 4) is 0 Å². The van der Waals surface area contributed by atoms with Crippen molar-refractivity contribution in [2.75, 3.05) is 40.9 Å². The summed E-state index contributed by atoms with van der Waals surface area (Å²) in [6, 6.07) is -0.918. The molecule has 3 unspecified atom stereocenters. The lowest BCUT2D eigenvalue weighted by Crippen LogP contribution is -2.45. The highest BCUT2D eigenvalue weighted by molar-refractivity contribution is 7.45. The molecule has 0 aliphatic carbocycles. The Bertz CT molecular complexity index is 1870. The number of carbonyl (C=O) groups is 1. The molecule has 8 nitrogen and oxygen atoms in total. The third-order valence-electron chi connectivity index (χ3n) is 16.4. The molecule has 0 heterocycles. The number of aliphatic hydroxyl groups excluding tert-OH is 1. The molecule has 0 aromatic carbocycles. The lowest BCUT2D eigenvalue weighted by atomic mass is 10.0. The van der Waals surface area contributed by atoms with E-state index in [-0.39, 0.29) is 12.5 Å². The van der Waals surface area contributed by atoms with Crippen molar-refractivity contribution in [1.82, 2.24) is 5.32 Å². The molecule has 514 valence electrons. The van der Waals surface area contributed by atoms with Gasteiger partial charge >= 0.3 is 0 Å². The van der Waals surface area contributed by atoms with Crippen molar-refractivity contribution < 1.29 is 32.9 Å². The Morgan fingerprint density at radius 2 is 0.697 bits per heavy atom. The van der Waals surface area contributed by atoms with E-state index in [9.17, 15) is 19.4 Å². The Labute approximate surface area is 552 Å². The quantitative estimate of drug-likeness (QED) is 0.0272. The average molecular weight is 1260 g/mol. The summed E-state index contributed by atoms with van der Waals surface area (Å²) in [5.41, 5.74) is 0. The molecule has 0 fully saturated rings. The number of phosphoric acid groups is 1. The standard InChI is InChI=1S/C80H143N2O6P/c1-6-8-10-12-14-16-18-20-22-24-26-28-30-32-34-36-37-38-39-40-41-42-43-44-45-46-48-50-52-54-56-58-60-62-64-66-68-70-72-74-80(84)81-78(77-88-89(85,86)87-76-75-82(3,4)5)79(83)73-71-69-67-65-63-61-59-57-55-53-51-49-47-35-33-31-29-27-25-23-21-19-17-15-13-11-9-7-2/h8,10,14,16,20,22,26,28,32,34,37-38,40-41,55,57,63,65,71,73,78-79,83H,6-7,9,11-13,15,17-19,21,23-25,27,29-31,33,35-36,39,42-54,56,58-62,64,66-70,72,74-77H2,1-5H3,(H-,81,84,85,86)/b10-8-,16-14-,22-20-,28-26-,34-32-,38-37-,41-40-,57-55+,65-63+,73-71+. The number of aliphatic hydroxyl groups is 1. The van der Waals surface area contributed by atoms with Crippen molar-refractivity contribution in [2.24, 2.45) is 0 Å². The molecular weight excluding hydrogens is 1120 g/mol. The number of hydrogen-bond donors (Lipinski definition) is 2. The van der Waals surface area contributed by atoms with E-state index in [0.29, 0.717) is 17.4 Å². The van der Waals surface area contributed by atoms with Crippen LogP contribution in [-0.2, 0) is 18.4 Å². The summed E-state index contributed by atoms with van der Waals surface area (Å²) in [5, 5.41) is 14.0. The van der Waals surface area contributed by atoms with Gasteiger partial charge in [0.1, 0.15) is 13.2 Å². The first-order valence-electron chi connectivity index (χ1n) is 37.4. The molecule has 0 bridgehead atoms. The zero-order chi connectivity index (χ0) is 64.8. The largest absolute Gasteiger partial charge is 0.756 e. The van der Waals surface area contributed by atoms with Gasteiger partial charge in [0.15, 0.2) is 0 Å². The summed E-state index contributed by atoms with van der Waals surface area (Å²) in [7, 11) is 1.23. The summed E-state index contributed by atoms with van der Waals surface area (Å²) in [5.74, 6) is -0.211. The molecule has 0 spiro atoms. The van der Waals surface area contributed by atoms with E-state index in [0.717, 1.165) is 89.9 Å². The number of allylic oxidation sites excluding steroid dienone is 19. The van der Waals surface area contributed by atoms with Crippen molar-refractivity contribution in [1.29, 1.82) is 0 Å². The van der Waals surface area contributed by atoms with Crippen LogP contribution in [0.1, 0.15) is 328 Å². The highest BCUT2D eigenvalue weighted by Gasteiger charge is 2.23. The molecule has 1 amide bonds. The summed E-state index contributed by atoms with van der Waals surface area (Å²) in [6.45, 7) is 4.53. The molecule has 0 saturated heterocycles. The predicted molar refractivity (Wildman–Crippen MR) is 389 cm³/mol. The van der Waals surface area contributed by atoms with Gasteiger partial charge in [-0.3, -0.25) is 9.36 Å². The topological polar surface area (TPSA) is 108 Å². The minimum absolute atomic E-state index is 0.0124. The zero-order valence-electron chi connectivity index (χ0n) is 58.9. The number of nitrogens with one attached hydrogen (secondary N) is 1. The number of rotatable bonds is 68. The van der Waals surface area contributed by atoms with E-state index in [1.807, 2.05) is 27.2 Å². The average Bonchev–Trinajstić information content (AvgIpc) is 3.55. The van der Waals surface area contributed by atoms with E-state index >= 15 is 0 Å². The Hall–Kier alpha value is -3.10. The molecule has 0 aromatic rings. The third kappa shape index (κ3) is 72.2. The van der Waals surface area contributed by atoms with Gasteiger partial charge in [0.25, 0.3) is 7.82 Å². The van der Waals surface area contributed by atoms with Gasteiger partial charge < -0.3 is 28.8 Å². The van der Waals surface area contributed by atoms with E-state index < -0.39 is 26.6 Å². The highest BCUT2D eigenvalue weighted by Crippen LogP contribution is 2.38. The van der Waals surface area contributed by atoms with Gasteiger partial charge in [0.05, 0.1) is 39.9 Å². The zero-order valence-corrected chi connectivity index (χ0v) is 59.7. The van der Waals surface area contributed by atoms with E-state index in [1.54, 1.807) is 6.08 Å². The Morgan fingerprint density at radius 1 is 0.404 bits per heavy atom. The second-order valence-electron chi connectivity index (χ2n) is 26.3. The lowest BCUT2D eigenvalue weighted by Gasteiger charge is -2.29. The first-order valence-corrected chi connectivity index (χ1v) is 38.9. The fraction of sp³-hybridized carbons (Fsp3) is 0.738. The molecule has 89 heavy (non-hydrogen) atoms. The number of phosphoric ester groups is 1. The van der Waals surface area contributed by atoms with E-state index in [2.05, 4.69) is 129 Å². The van der Waals surface area contributed by atoms with Gasteiger partial charge in [-0.2, -0.15) is 0 Å². The number of amides is 1. The maximum atomic E-state index is 13.1. The van der Waals surface area contributed by atoms with Gasteiger partial charge in [-0.25, -0.2) is 0 Å². The molecule has 2 N–H and O–H groups in total. The number of unbranched alkanes of at least 4 members (excludes halogenated alkanes) is 37. The van der Waals surface area contributed by atoms with Crippen LogP contribution in [0.3, 0.4) is 0 Å². The molecule has 0 rings (SSSR count). The number of quaternary nitrogens is 1. The van der Waals surface area contributed by atoms with Gasteiger partial charge in [-0.15, -0.1) is 0 Å². The molecule has 0 saturated carbocycles. The first-order chi connectivity index (χ1) is 43.5. The number of nitrogens with zero attached hydrogens (tertiary/aromatic N) is 1. The van der Waals surface area contributed by atoms with E-state index in [4.69, 9.17) is 9.05 Å². The van der Waals surface area contributed by atoms with Crippen LogP contribution in [0.2, 0.25) is 0 Å². The van der Waals surface area contributed by atoms with Crippen molar-refractivity contribution in [2.45, 2.75) is 341 Å². The summed E-state index contributed by atoms with van der Waals surface area (Å²) < 4.78 is 23.5. The van der Waals surface area contributed by atoms with Crippen LogP contribution in [0.4, 0.5) is 0 Å². The number of hydrogen-bond acceptors (Lipinski definition) is 6. The smallest absolute Gasteiger partial charge is 0.268 e. The van der Waals surface area contributed by atoms with E-state index in [1.165, 1.54) is 218 Å². The minimum atomic E-state index is -4.62. The molecule has 0 aliphatic heterocycles. The van der Waals surface area contributed by atoms with Gasteiger partial charge in [-0.1, -0.05) is 341 Å². The van der Waals surface area contributed by atoms with Crippen molar-refractivity contribution >= 4 is 13.7 Å². The summed E-state index contributed by atoms with van der Waals surface area (Å²) in [6.07, 6.45) is 103. The minimum Gasteiger partial charge on any atom is -0.756 e. The van der Waals surface area contributed by atoms with Crippen LogP contribution < -0.4 is 10.2 Å². The SMILES string of the molecule is CC/C=C\C/C=C\C/C=C\C/C=C\C/C=C\C/C=C\C/C=C\CCCCCCCCCCCCCCCCCCCC(=O)NC(COP(=O)([O-])OCC[N+](C)(C)C)C(O)/C=C/CC/C=C/CC/C=C/CCCCCCCCCCCCCCCCCCCC. The second kappa shape index (κ2) is 69.2. The number of carbonyl (C=O) groups excluding carboxylic acids is 1. The molecule has 0 aliphatic rings. The second-order valence-corrected chi connectivity index (χ2v) is 27.7.